The quantitative estimate of drug-likeness (QED) is 0.476. The van der Waals surface area contributed by atoms with Crippen LogP contribution < -0.4 is 0 Å². The van der Waals surface area contributed by atoms with Crippen LogP contribution in [-0.4, -0.2) is 9.91 Å². The zero-order valence-corrected chi connectivity index (χ0v) is 9.49. The van der Waals surface area contributed by atoms with Crippen LogP contribution in [0.5, 0.6) is 0 Å². The van der Waals surface area contributed by atoms with Crippen LogP contribution in [0.15, 0.2) is 30.3 Å². The minimum Gasteiger partial charge on any atom is -0.258 e. The SMILES string of the molecule is O=[N+]([O-])c1ccc(Cl)nc1-c1cc(F)ccc1F. The zero-order chi connectivity index (χ0) is 13.3. The summed E-state index contributed by atoms with van der Waals surface area (Å²) in [5.41, 5.74) is -1.04. The van der Waals surface area contributed by atoms with E-state index in [-0.39, 0.29) is 16.4 Å². The molecule has 1 aromatic heterocycles. The molecule has 2 rings (SSSR count). The molecule has 0 aliphatic carbocycles. The largest absolute Gasteiger partial charge is 0.295 e. The average Bonchev–Trinajstić information content (AvgIpc) is 2.31. The Kier molecular flexibility index (Phi) is 3.20. The van der Waals surface area contributed by atoms with E-state index in [4.69, 9.17) is 11.6 Å². The molecule has 92 valence electrons. The van der Waals surface area contributed by atoms with Crippen LogP contribution >= 0.6 is 11.6 Å². The number of benzene rings is 1. The molecule has 0 radical (unpaired) electrons. The molecule has 0 spiro atoms. The summed E-state index contributed by atoms with van der Waals surface area (Å²) in [6.07, 6.45) is 0. The average molecular weight is 271 g/mol. The number of halogens is 3. The summed E-state index contributed by atoms with van der Waals surface area (Å²) in [4.78, 5) is 13.8. The van der Waals surface area contributed by atoms with Crippen molar-refractivity contribution in [1.29, 1.82) is 0 Å². The molecule has 2 aromatic rings. The van der Waals surface area contributed by atoms with Gasteiger partial charge in [-0.1, -0.05) is 11.6 Å². The minimum absolute atomic E-state index is 0.0424. The van der Waals surface area contributed by atoms with Gasteiger partial charge >= 0.3 is 0 Å². The van der Waals surface area contributed by atoms with Crippen LogP contribution in [-0.2, 0) is 0 Å². The molecule has 0 fully saturated rings. The van der Waals surface area contributed by atoms with Crippen molar-refractivity contribution >= 4 is 17.3 Å². The number of hydrogen-bond donors (Lipinski definition) is 0. The highest BCUT2D eigenvalue weighted by Gasteiger charge is 2.20. The minimum atomic E-state index is -0.811. The van der Waals surface area contributed by atoms with Crippen molar-refractivity contribution in [1.82, 2.24) is 4.98 Å². The molecule has 0 unspecified atom stereocenters. The molecule has 0 atom stereocenters. The third kappa shape index (κ3) is 2.28. The second-order valence-corrected chi connectivity index (χ2v) is 3.77. The molecule has 7 heteroatoms. The first-order valence-corrected chi connectivity index (χ1v) is 5.13. The number of nitro groups is 1. The summed E-state index contributed by atoms with van der Waals surface area (Å²) in [7, 11) is 0. The summed E-state index contributed by atoms with van der Waals surface area (Å²) in [6.45, 7) is 0. The summed E-state index contributed by atoms with van der Waals surface area (Å²) >= 11 is 5.61. The van der Waals surface area contributed by atoms with Gasteiger partial charge in [-0.05, 0) is 24.3 Å². The Bertz CT molecular complexity index is 634. The normalized spacial score (nSPS) is 10.4. The van der Waals surface area contributed by atoms with E-state index in [1.54, 1.807) is 0 Å². The highest BCUT2D eigenvalue weighted by atomic mass is 35.5. The molecule has 0 bridgehead atoms. The summed E-state index contributed by atoms with van der Waals surface area (Å²) in [5, 5.41) is 10.8. The summed E-state index contributed by atoms with van der Waals surface area (Å²) < 4.78 is 26.6. The van der Waals surface area contributed by atoms with Crippen LogP contribution in [0.25, 0.3) is 11.3 Å². The zero-order valence-electron chi connectivity index (χ0n) is 8.73. The summed E-state index contributed by atoms with van der Waals surface area (Å²) in [6, 6.07) is 4.92. The van der Waals surface area contributed by atoms with E-state index in [1.807, 2.05) is 0 Å². The van der Waals surface area contributed by atoms with E-state index in [9.17, 15) is 18.9 Å². The van der Waals surface area contributed by atoms with Gasteiger partial charge in [0.2, 0.25) is 0 Å². The van der Waals surface area contributed by atoms with Gasteiger partial charge in [-0.15, -0.1) is 0 Å². The lowest BCUT2D eigenvalue weighted by atomic mass is 10.1. The van der Waals surface area contributed by atoms with Gasteiger partial charge < -0.3 is 0 Å². The fourth-order valence-corrected chi connectivity index (χ4v) is 1.60. The maximum Gasteiger partial charge on any atom is 0.295 e. The van der Waals surface area contributed by atoms with Crippen LogP contribution in [0.2, 0.25) is 5.15 Å². The Balaban J connectivity index is 2.73. The fraction of sp³-hybridized carbons (Fsp3) is 0. The van der Waals surface area contributed by atoms with E-state index >= 15 is 0 Å². The fourth-order valence-electron chi connectivity index (χ4n) is 1.45. The molecular formula is C11H5ClF2N2O2. The second-order valence-electron chi connectivity index (χ2n) is 3.38. The first kappa shape index (κ1) is 12.4. The highest BCUT2D eigenvalue weighted by molar-refractivity contribution is 6.29. The molecular weight excluding hydrogens is 266 g/mol. The molecule has 18 heavy (non-hydrogen) atoms. The third-order valence-electron chi connectivity index (χ3n) is 2.22. The van der Waals surface area contributed by atoms with E-state index in [0.29, 0.717) is 0 Å². The van der Waals surface area contributed by atoms with Gasteiger partial charge in [-0.25, -0.2) is 13.8 Å². The van der Waals surface area contributed by atoms with E-state index in [2.05, 4.69) is 4.98 Å². The lowest BCUT2D eigenvalue weighted by Crippen LogP contribution is -1.97. The summed E-state index contributed by atoms with van der Waals surface area (Å²) in [5.74, 6) is -1.53. The van der Waals surface area contributed by atoms with Gasteiger partial charge in [0.05, 0.1) is 4.92 Å². The molecule has 4 nitrogen and oxygen atoms in total. The van der Waals surface area contributed by atoms with Crippen LogP contribution in [0, 0.1) is 21.7 Å². The predicted octanol–water partition coefficient (Wildman–Crippen LogP) is 3.59. The number of aromatic nitrogens is 1. The standard InChI is InChI=1S/C11H5ClF2N2O2/c12-10-4-3-9(16(17)18)11(15-10)7-5-6(13)1-2-8(7)14/h1-5H. The molecule has 0 saturated carbocycles. The van der Waals surface area contributed by atoms with Crippen molar-refractivity contribution in [3.8, 4) is 11.3 Å². The van der Waals surface area contributed by atoms with Crippen molar-refractivity contribution in [2.75, 3.05) is 0 Å². The van der Waals surface area contributed by atoms with Gasteiger partial charge in [0, 0.05) is 11.6 Å². The van der Waals surface area contributed by atoms with Gasteiger partial charge in [0.25, 0.3) is 5.69 Å². The third-order valence-corrected chi connectivity index (χ3v) is 2.43. The predicted molar refractivity (Wildman–Crippen MR) is 61.3 cm³/mol. The molecule has 0 N–H and O–H groups in total. The lowest BCUT2D eigenvalue weighted by molar-refractivity contribution is -0.384. The molecule has 1 heterocycles. The van der Waals surface area contributed by atoms with E-state index in [0.717, 1.165) is 24.3 Å². The van der Waals surface area contributed by atoms with Crippen molar-refractivity contribution in [2.45, 2.75) is 0 Å². The topological polar surface area (TPSA) is 56.0 Å². The van der Waals surface area contributed by atoms with Gasteiger partial charge in [-0.3, -0.25) is 10.1 Å². The van der Waals surface area contributed by atoms with Crippen LogP contribution in [0.1, 0.15) is 0 Å². The smallest absolute Gasteiger partial charge is 0.258 e. The molecule has 0 amide bonds. The van der Waals surface area contributed by atoms with Crippen LogP contribution in [0.4, 0.5) is 14.5 Å². The van der Waals surface area contributed by atoms with Crippen molar-refractivity contribution in [2.24, 2.45) is 0 Å². The van der Waals surface area contributed by atoms with E-state index < -0.39 is 22.2 Å². The Morgan fingerprint density at radius 3 is 2.61 bits per heavy atom. The Morgan fingerprint density at radius 1 is 1.22 bits per heavy atom. The van der Waals surface area contributed by atoms with E-state index in [1.165, 1.54) is 6.07 Å². The Labute approximate surface area is 105 Å². The second kappa shape index (κ2) is 4.66. The first-order valence-electron chi connectivity index (χ1n) is 4.75. The van der Waals surface area contributed by atoms with Gasteiger partial charge in [0.15, 0.2) is 5.69 Å². The first-order chi connectivity index (χ1) is 8.49. The van der Waals surface area contributed by atoms with Gasteiger partial charge in [-0.2, -0.15) is 0 Å². The maximum absolute atomic E-state index is 13.6. The molecule has 0 aliphatic heterocycles. The number of pyridine rings is 1. The lowest BCUT2D eigenvalue weighted by Gasteiger charge is -2.04. The maximum atomic E-state index is 13.6. The molecule has 1 aromatic carbocycles. The molecule has 0 saturated heterocycles. The number of rotatable bonds is 2. The molecule has 0 aliphatic rings. The van der Waals surface area contributed by atoms with Crippen molar-refractivity contribution < 1.29 is 13.7 Å². The van der Waals surface area contributed by atoms with Crippen molar-refractivity contribution in [3.05, 3.63) is 57.2 Å². The Morgan fingerprint density at radius 2 is 1.94 bits per heavy atom. The monoisotopic (exact) mass is 270 g/mol. The number of nitrogens with zero attached hydrogens (tertiary/aromatic N) is 2. The van der Waals surface area contributed by atoms with Crippen molar-refractivity contribution in [3.63, 3.8) is 0 Å². The number of hydrogen-bond acceptors (Lipinski definition) is 3. The van der Waals surface area contributed by atoms with Gasteiger partial charge in [0.1, 0.15) is 16.8 Å². The Hall–Kier alpha value is -2.08. The van der Waals surface area contributed by atoms with Crippen LogP contribution in [0.3, 0.4) is 0 Å². The highest BCUT2D eigenvalue weighted by Crippen LogP contribution is 2.31.